The molecule has 0 saturated carbocycles. The second-order valence-corrected chi connectivity index (χ2v) is 9.70. The van der Waals surface area contributed by atoms with Gasteiger partial charge in [0.05, 0.1) is 17.0 Å². The second kappa shape index (κ2) is 8.02. The van der Waals surface area contributed by atoms with Crippen molar-refractivity contribution in [2.75, 3.05) is 18.4 Å². The van der Waals surface area contributed by atoms with E-state index < -0.39 is 10.0 Å². The maximum atomic E-state index is 12.8. The van der Waals surface area contributed by atoms with E-state index in [2.05, 4.69) is 10.3 Å². The first-order valence-electron chi connectivity index (χ1n) is 9.33. The molecule has 7 nitrogen and oxygen atoms in total. The van der Waals surface area contributed by atoms with Crippen molar-refractivity contribution in [1.82, 2.24) is 13.7 Å². The first-order valence-corrected chi connectivity index (χ1v) is 11.7. The number of sulfonamides is 1. The molecular formula is C19H22N4O3S2. The number of carbonyl (C=O) groups is 1. The zero-order chi connectivity index (χ0) is 19.6. The van der Waals surface area contributed by atoms with Gasteiger partial charge >= 0.3 is 0 Å². The van der Waals surface area contributed by atoms with Crippen LogP contribution in [0, 0.1) is 0 Å². The average Bonchev–Trinajstić information content (AvgIpc) is 3.12. The molecule has 0 bridgehead atoms. The Morgan fingerprint density at radius 3 is 2.50 bits per heavy atom. The van der Waals surface area contributed by atoms with E-state index in [0.29, 0.717) is 24.5 Å². The molecule has 0 radical (unpaired) electrons. The van der Waals surface area contributed by atoms with Crippen LogP contribution < -0.4 is 5.32 Å². The third-order valence-electron chi connectivity index (χ3n) is 4.83. The highest BCUT2D eigenvalue weighted by atomic mass is 32.2. The van der Waals surface area contributed by atoms with E-state index in [1.54, 1.807) is 28.6 Å². The molecule has 0 spiro atoms. The normalized spacial score (nSPS) is 16.1. The van der Waals surface area contributed by atoms with Crippen LogP contribution in [0.2, 0.25) is 0 Å². The number of rotatable bonds is 5. The molecule has 1 fully saturated rings. The number of hydrogen-bond donors (Lipinski definition) is 1. The van der Waals surface area contributed by atoms with Gasteiger partial charge in [0, 0.05) is 36.6 Å². The van der Waals surface area contributed by atoms with Crippen molar-refractivity contribution in [1.29, 1.82) is 0 Å². The largest absolute Gasteiger partial charge is 0.326 e. The number of amides is 1. The van der Waals surface area contributed by atoms with E-state index in [4.69, 9.17) is 0 Å². The van der Waals surface area contributed by atoms with Crippen molar-refractivity contribution in [2.45, 2.75) is 37.0 Å². The Labute approximate surface area is 168 Å². The number of benzene rings is 1. The van der Waals surface area contributed by atoms with Crippen LogP contribution in [-0.2, 0) is 21.2 Å². The quantitative estimate of drug-likeness (QED) is 0.690. The predicted molar refractivity (Wildman–Crippen MR) is 109 cm³/mol. The SMILES string of the molecule is O=C(Cc1cn2ccsc2n1)Nc1ccc(S(=O)(=O)N2CCCCCC2)cc1. The minimum Gasteiger partial charge on any atom is -0.326 e. The standard InChI is InChI=1S/C19H22N4O3S2/c24-18(13-16-14-22-11-12-27-19(22)21-16)20-15-5-7-17(8-6-15)28(25,26)23-9-3-1-2-4-10-23/h5-8,11-12,14H,1-4,9-10,13H2,(H,20,24). The number of anilines is 1. The van der Waals surface area contributed by atoms with Crippen molar-refractivity contribution < 1.29 is 13.2 Å². The molecule has 0 unspecified atom stereocenters. The lowest BCUT2D eigenvalue weighted by Crippen LogP contribution is -2.31. The molecule has 148 valence electrons. The number of nitrogens with zero attached hydrogens (tertiary/aromatic N) is 3. The van der Waals surface area contributed by atoms with Crippen LogP contribution in [0.5, 0.6) is 0 Å². The minimum absolute atomic E-state index is 0.169. The van der Waals surface area contributed by atoms with E-state index in [0.717, 1.165) is 30.6 Å². The molecule has 3 heterocycles. The smallest absolute Gasteiger partial charge is 0.243 e. The Kier molecular flexibility index (Phi) is 5.47. The van der Waals surface area contributed by atoms with E-state index in [-0.39, 0.29) is 17.2 Å². The number of imidazole rings is 1. The molecule has 1 aliphatic heterocycles. The lowest BCUT2D eigenvalue weighted by molar-refractivity contribution is -0.115. The maximum absolute atomic E-state index is 12.8. The fourth-order valence-corrected chi connectivity index (χ4v) is 5.61. The van der Waals surface area contributed by atoms with E-state index >= 15 is 0 Å². The van der Waals surface area contributed by atoms with Gasteiger partial charge in [-0.15, -0.1) is 11.3 Å². The summed E-state index contributed by atoms with van der Waals surface area (Å²) >= 11 is 1.52. The Bertz CT molecular complexity index is 1030. The van der Waals surface area contributed by atoms with Gasteiger partial charge in [-0.1, -0.05) is 12.8 Å². The van der Waals surface area contributed by atoms with E-state index in [1.807, 2.05) is 22.2 Å². The van der Waals surface area contributed by atoms with Crippen LogP contribution in [-0.4, -0.2) is 41.1 Å². The highest BCUT2D eigenvalue weighted by molar-refractivity contribution is 7.89. The lowest BCUT2D eigenvalue weighted by atomic mass is 10.2. The van der Waals surface area contributed by atoms with Gasteiger partial charge in [-0.05, 0) is 37.1 Å². The molecule has 1 saturated heterocycles. The Morgan fingerprint density at radius 2 is 1.82 bits per heavy atom. The highest BCUT2D eigenvalue weighted by Gasteiger charge is 2.25. The van der Waals surface area contributed by atoms with Crippen LogP contribution in [0.15, 0.2) is 46.9 Å². The lowest BCUT2D eigenvalue weighted by Gasteiger charge is -2.20. The van der Waals surface area contributed by atoms with Gasteiger partial charge in [0.15, 0.2) is 4.96 Å². The molecule has 9 heteroatoms. The van der Waals surface area contributed by atoms with E-state index in [9.17, 15) is 13.2 Å². The molecule has 2 aromatic heterocycles. The Hall–Kier alpha value is -2.23. The first-order chi connectivity index (χ1) is 13.5. The van der Waals surface area contributed by atoms with E-state index in [1.165, 1.54) is 11.3 Å². The number of thiazole rings is 1. The summed E-state index contributed by atoms with van der Waals surface area (Å²) in [7, 11) is -3.48. The molecule has 1 aliphatic rings. The van der Waals surface area contributed by atoms with Gasteiger partial charge in [-0.3, -0.25) is 9.20 Å². The fraction of sp³-hybridized carbons (Fsp3) is 0.368. The summed E-state index contributed by atoms with van der Waals surface area (Å²) in [5.74, 6) is -0.186. The fourth-order valence-electron chi connectivity index (χ4n) is 3.37. The van der Waals surface area contributed by atoms with Crippen LogP contribution in [0.3, 0.4) is 0 Å². The molecule has 1 amide bonds. The summed E-state index contributed by atoms with van der Waals surface area (Å²) in [5, 5.41) is 4.74. The minimum atomic E-state index is -3.48. The number of fused-ring (bicyclic) bond motifs is 1. The number of nitrogens with one attached hydrogen (secondary N) is 1. The van der Waals surface area contributed by atoms with Crippen molar-refractivity contribution in [3.05, 3.63) is 47.7 Å². The Balaban J connectivity index is 1.40. The molecule has 28 heavy (non-hydrogen) atoms. The van der Waals surface area contributed by atoms with Crippen LogP contribution in [0.25, 0.3) is 4.96 Å². The van der Waals surface area contributed by atoms with Crippen molar-refractivity contribution in [3.8, 4) is 0 Å². The van der Waals surface area contributed by atoms with Gasteiger partial charge in [0.1, 0.15) is 0 Å². The van der Waals surface area contributed by atoms with Crippen molar-refractivity contribution >= 4 is 37.9 Å². The summed E-state index contributed by atoms with van der Waals surface area (Å²) < 4.78 is 29.1. The zero-order valence-electron chi connectivity index (χ0n) is 15.4. The third kappa shape index (κ3) is 4.11. The Morgan fingerprint density at radius 1 is 1.11 bits per heavy atom. The van der Waals surface area contributed by atoms with Gasteiger partial charge in [-0.25, -0.2) is 13.4 Å². The third-order valence-corrected chi connectivity index (χ3v) is 7.51. The van der Waals surface area contributed by atoms with Crippen molar-refractivity contribution in [3.63, 3.8) is 0 Å². The summed E-state index contributed by atoms with van der Waals surface area (Å²) in [6, 6.07) is 6.38. The number of carbonyl (C=O) groups excluding carboxylic acids is 1. The topological polar surface area (TPSA) is 83.8 Å². The summed E-state index contributed by atoms with van der Waals surface area (Å²) in [5.41, 5.74) is 1.27. The van der Waals surface area contributed by atoms with Gasteiger partial charge in [-0.2, -0.15) is 4.31 Å². The summed E-state index contributed by atoms with van der Waals surface area (Å²) in [6.45, 7) is 1.14. The molecular weight excluding hydrogens is 396 g/mol. The van der Waals surface area contributed by atoms with Crippen molar-refractivity contribution in [2.24, 2.45) is 0 Å². The van der Waals surface area contributed by atoms with Crippen LogP contribution >= 0.6 is 11.3 Å². The summed E-state index contributed by atoms with van der Waals surface area (Å²) in [4.78, 5) is 17.8. The predicted octanol–water partition coefficient (Wildman–Crippen LogP) is 3.14. The molecule has 1 N–H and O–H groups in total. The molecule has 0 aliphatic carbocycles. The monoisotopic (exact) mass is 418 g/mol. The molecule has 0 atom stereocenters. The van der Waals surface area contributed by atoms with Crippen LogP contribution in [0.1, 0.15) is 31.4 Å². The molecule has 3 aromatic rings. The molecule has 4 rings (SSSR count). The van der Waals surface area contributed by atoms with Gasteiger partial charge in [0.2, 0.25) is 15.9 Å². The second-order valence-electron chi connectivity index (χ2n) is 6.89. The summed E-state index contributed by atoms with van der Waals surface area (Å²) in [6.07, 6.45) is 7.86. The molecule has 1 aromatic carbocycles. The van der Waals surface area contributed by atoms with Crippen LogP contribution in [0.4, 0.5) is 5.69 Å². The zero-order valence-corrected chi connectivity index (χ0v) is 17.0. The number of aromatic nitrogens is 2. The van der Waals surface area contributed by atoms with Gasteiger partial charge in [0.25, 0.3) is 0 Å². The first kappa shape index (κ1) is 19.1. The van der Waals surface area contributed by atoms with Gasteiger partial charge < -0.3 is 5.32 Å². The highest BCUT2D eigenvalue weighted by Crippen LogP contribution is 2.22. The number of hydrogen-bond acceptors (Lipinski definition) is 5. The maximum Gasteiger partial charge on any atom is 0.243 e. The average molecular weight is 419 g/mol.